The molecule has 0 radical (unpaired) electrons. The Kier molecular flexibility index (Phi) is 5.08. The van der Waals surface area contributed by atoms with Crippen molar-refractivity contribution in [2.45, 2.75) is 6.54 Å². The predicted molar refractivity (Wildman–Crippen MR) is 79.6 cm³/mol. The highest BCUT2D eigenvalue weighted by molar-refractivity contribution is 5.94. The minimum absolute atomic E-state index is 0.150. The van der Waals surface area contributed by atoms with Gasteiger partial charge < -0.3 is 14.7 Å². The van der Waals surface area contributed by atoms with Crippen LogP contribution in [0.2, 0.25) is 0 Å². The number of aromatic nitrogens is 1. The second-order valence-electron chi connectivity index (χ2n) is 4.62. The smallest absolute Gasteiger partial charge is 0.323 e. The zero-order valence-corrected chi connectivity index (χ0v) is 12.1. The molecule has 0 unspecified atom stereocenters. The van der Waals surface area contributed by atoms with Gasteiger partial charge in [-0.1, -0.05) is 30.3 Å². The number of amides is 1. The van der Waals surface area contributed by atoms with E-state index in [0.29, 0.717) is 5.75 Å². The number of benzene rings is 1. The van der Waals surface area contributed by atoms with Crippen molar-refractivity contribution in [2.75, 3.05) is 13.7 Å². The van der Waals surface area contributed by atoms with Crippen molar-refractivity contribution in [3.05, 3.63) is 59.9 Å². The van der Waals surface area contributed by atoms with Crippen LogP contribution >= 0.6 is 0 Å². The highest BCUT2D eigenvalue weighted by atomic mass is 16.5. The first-order valence-electron chi connectivity index (χ1n) is 6.65. The standard InChI is InChI=1S/C16H16N2O4/c1-22-13-7-8-17-14(9-13)16(21)18(11-15(19)20)10-12-5-3-2-4-6-12/h2-9H,10-11H2,1H3,(H,19,20). The Balaban J connectivity index is 2.23. The molecule has 0 fully saturated rings. The summed E-state index contributed by atoms with van der Waals surface area (Å²) in [6.45, 7) is -0.197. The molecular weight excluding hydrogens is 284 g/mol. The first kappa shape index (κ1) is 15.5. The summed E-state index contributed by atoms with van der Waals surface area (Å²) in [5, 5.41) is 9.02. The first-order valence-corrected chi connectivity index (χ1v) is 6.65. The number of carbonyl (C=O) groups is 2. The van der Waals surface area contributed by atoms with Gasteiger partial charge in [0.1, 0.15) is 18.0 Å². The predicted octanol–water partition coefficient (Wildman–Crippen LogP) is 1.82. The number of methoxy groups -OCH3 is 1. The molecule has 1 N–H and O–H groups in total. The number of carboxylic acids is 1. The molecule has 0 aliphatic rings. The van der Waals surface area contributed by atoms with Gasteiger partial charge in [0, 0.05) is 18.8 Å². The molecule has 0 saturated heterocycles. The van der Waals surface area contributed by atoms with Gasteiger partial charge in [0.25, 0.3) is 5.91 Å². The Morgan fingerprint density at radius 3 is 2.59 bits per heavy atom. The summed E-state index contributed by atoms with van der Waals surface area (Å²) < 4.78 is 5.06. The van der Waals surface area contributed by atoms with Crippen LogP contribution in [0, 0.1) is 0 Å². The highest BCUT2D eigenvalue weighted by Crippen LogP contribution is 2.13. The highest BCUT2D eigenvalue weighted by Gasteiger charge is 2.20. The Labute approximate surface area is 128 Å². The number of ether oxygens (including phenoxy) is 1. The maximum atomic E-state index is 12.5. The van der Waals surface area contributed by atoms with Gasteiger partial charge in [0.05, 0.1) is 7.11 Å². The third-order valence-electron chi connectivity index (χ3n) is 3.02. The SMILES string of the molecule is COc1ccnc(C(=O)N(CC(=O)O)Cc2ccccc2)c1. The van der Waals surface area contributed by atoms with E-state index in [1.165, 1.54) is 24.3 Å². The normalized spacial score (nSPS) is 10.0. The van der Waals surface area contributed by atoms with Crippen LogP contribution in [0.25, 0.3) is 0 Å². The lowest BCUT2D eigenvalue weighted by Crippen LogP contribution is -2.35. The molecule has 0 spiro atoms. The second-order valence-corrected chi connectivity index (χ2v) is 4.62. The van der Waals surface area contributed by atoms with Crippen LogP contribution in [-0.4, -0.2) is 40.5 Å². The summed E-state index contributed by atoms with van der Waals surface area (Å²) in [6.07, 6.45) is 1.45. The first-order chi connectivity index (χ1) is 10.6. The van der Waals surface area contributed by atoms with Crippen molar-refractivity contribution in [2.24, 2.45) is 0 Å². The molecule has 2 aromatic rings. The van der Waals surface area contributed by atoms with Crippen LogP contribution in [0.1, 0.15) is 16.1 Å². The molecule has 22 heavy (non-hydrogen) atoms. The lowest BCUT2D eigenvalue weighted by molar-refractivity contribution is -0.137. The Hall–Kier alpha value is -2.89. The maximum Gasteiger partial charge on any atom is 0.323 e. The van der Waals surface area contributed by atoms with Crippen molar-refractivity contribution in [1.29, 1.82) is 0 Å². The molecule has 6 nitrogen and oxygen atoms in total. The van der Waals surface area contributed by atoms with Crippen LogP contribution in [0.5, 0.6) is 5.75 Å². The largest absolute Gasteiger partial charge is 0.497 e. The zero-order chi connectivity index (χ0) is 15.9. The van der Waals surface area contributed by atoms with Crippen molar-refractivity contribution in [1.82, 2.24) is 9.88 Å². The molecule has 6 heteroatoms. The van der Waals surface area contributed by atoms with Gasteiger partial charge in [-0.25, -0.2) is 0 Å². The minimum Gasteiger partial charge on any atom is -0.497 e. The van der Waals surface area contributed by atoms with Gasteiger partial charge in [0.2, 0.25) is 0 Å². The summed E-state index contributed by atoms with van der Waals surface area (Å²) >= 11 is 0. The van der Waals surface area contributed by atoms with Crippen LogP contribution in [0.4, 0.5) is 0 Å². The zero-order valence-electron chi connectivity index (χ0n) is 12.1. The van der Waals surface area contributed by atoms with Crippen LogP contribution in [-0.2, 0) is 11.3 Å². The fraction of sp³-hybridized carbons (Fsp3) is 0.188. The Bertz CT molecular complexity index is 658. The molecule has 0 saturated carbocycles. The fourth-order valence-corrected chi connectivity index (χ4v) is 1.98. The van der Waals surface area contributed by atoms with E-state index in [-0.39, 0.29) is 12.2 Å². The van der Waals surface area contributed by atoms with Gasteiger partial charge in [-0.2, -0.15) is 0 Å². The molecule has 0 aliphatic heterocycles. The molecule has 0 bridgehead atoms. The molecular formula is C16H16N2O4. The van der Waals surface area contributed by atoms with Crippen molar-refractivity contribution in [3.63, 3.8) is 0 Å². The third kappa shape index (κ3) is 4.05. The number of carbonyl (C=O) groups excluding carboxylic acids is 1. The lowest BCUT2D eigenvalue weighted by atomic mass is 10.2. The maximum absolute atomic E-state index is 12.5. The van der Waals surface area contributed by atoms with Crippen molar-refractivity contribution in [3.8, 4) is 5.75 Å². The molecule has 1 amide bonds. The van der Waals surface area contributed by atoms with Gasteiger partial charge in [-0.15, -0.1) is 0 Å². The van der Waals surface area contributed by atoms with Gasteiger partial charge in [-0.05, 0) is 11.6 Å². The molecule has 1 heterocycles. The van der Waals surface area contributed by atoms with E-state index in [2.05, 4.69) is 4.98 Å². The molecule has 0 aliphatic carbocycles. The summed E-state index contributed by atoms with van der Waals surface area (Å²) in [6, 6.07) is 12.3. The molecule has 114 valence electrons. The van der Waals surface area contributed by atoms with E-state index in [4.69, 9.17) is 9.84 Å². The second kappa shape index (κ2) is 7.21. The number of rotatable bonds is 6. The van der Waals surface area contributed by atoms with E-state index in [1.807, 2.05) is 30.3 Å². The lowest BCUT2D eigenvalue weighted by Gasteiger charge is -2.20. The minimum atomic E-state index is -1.08. The molecule has 1 aromatic heterocycles. The number of hydrogen-bond acceptors (Lipinski definition) is 4. The van der Waals surface area contributed by atoms with Gasteiger partial charge in [-0.3, -0.25) is 14.6 Å². The van der Waals surface area contributed by atoms with Gasteiger partial charge in [0.15, 0.2) is 0 Å². The molecule has 1 aromatic carbocycles. The topological polar surface area (TPSA) is 79.7 Å². The average Bonchev–Trinajstić information content (AvgIpc) is 2.54. The summed E-state index contributed by atoms with van der Waals surface area (Å²) in [7, 11) is 1.49. The van der Waals surface area contributed by atoms with Crippen LogP contribution in [0.3, 0.4) is 0 Å². The van der Waals surface area contributed by atoms with Gasteiger partial charge >= 0.3 is 5.97 Å². The number of nitrogens with zero attached hydrogens (tertiary/aromatic N) is 2. The van der Waals surface area contributed by atoms with Crippen molar-refractivity contribution >= 4 is 11.9 Å². The van der Waals surface area contributed by atoms with E-state index in [1.54, 1.807) is 6.07 Å². The summed E-state index contributed by atoms with van der Waals surface area (Å²) in [5.41, 5.74) is 0.997. The monoisotopic (exact) mass is 300 g/mol. The van der Waals surface area contributed by atoms with Crippen LogP contribution in [0.15, 0.2) is 48.7 Å². The molecule has 2 rings (SSSR count). The van der Waals surface area contributed by atoms with E-state index < -0.39 is 18.4 Å². The average molecular weight is 300 g/mol. The number of aliphatic carboxylic acids is 1. The number of pyridine rings is 1. The molecule has 0 atom stereocenters. The number of hydrogen-bond donors (Lipinski definition) is 1. The van der Waals surface area contributed by atoms with E-state index in [0.717, 1.165) is 5.56 Å². The Morgan fingerprint density at radius 1 is 1.23 bits per heavy atom. The van der Waals surface area contributed by atoms with Crippen LogP contribution < -0.4 is 4.74 Å². The van der Waals surface area contributed by atoms with E-state index >= 15 is 0 Å². The van der Waals surface area contributed by atoms with Crippen molar-refractivity contribution < 1.29 is 19.4 Å². The third-order valence-corrected chi connectivity index (χ3v) is 3.02. The van der Waals surface area contributed by atoms with E-state index in [9.17, 15) is 9.59 Å². The summed E-state index contributed by atoms with van der Waals surface area (Å²) in [5.74, 6) is -1.04. The number of carboxylic acid groups (broad SMARTS) is 1. The Morgan fingerprint density at radius 2 is 1.95 bits per heavy atom. The summed E-state index contributed by atoms with van der Waals surface area (Å²) in [4.78, 5) is 28.7. The fourth-order valence-electron chi connectivity index (χ4n) is 1.98. The quantitative estimate of drug-likeness (QED) is 0.880.